The van der Waals surface area contributed by atoms with Crippen LogP contribution >= 0.6 is 0 Å². The molecule has 0 saturated heterocycles. The molecule has 0 unspecified atom stereocenters. The third kappa shape index (κ3) is 3.86. The van der Waals surface area contributed by atoms with Crippen molar-refractivity contribution in [1.29, 1.82) is 0 Å². The highest BCUT2D eigenvalue weighted by molar-refractivity contribution is 5.03. The van der Waals surface area contributed by atoms with E-state index in [4.69, 9.17) is 0 Å². The molecule has 1 N–H and O–H groups in total. The fourth-order valence-corrected chi connectivity index (χ4v) is 2.01. The highest BCUT2D eigenvalue weighted by Crippen LogP contribution is 2.08. The fraction of sp³-hybridized carbons (Fsp3) is 0.538. The van der Waals surface area contributed by atoms with E-state index in [0.717, 1.165) is 11.4 Å². The SMILES string of the molecule is CC(C)n1nccc1CNCc1ccn(CC(F)F)n1. The second kappa shape index (κ2) is 6.60. The molecule has 0 radical (unpaired) electrons. The van der Waals surface area contributed by atoms with Gasteiger partial charge >= 0.3 is 0 Å². The lowest BCUT2D eigenvalue weighted by molar-refractivity contribution is 0.121. The van der Waals surface area contributed by atoms with Crippen LogP contribution in [0.4, 0.5) is 8.78 Å². The van der Waals surface area contributed by atoms with Gasteiger partial charge in [-0.1, -0.05) is 0 Å². The number of hydrogen-bond donors (Lipinski definition) is 1. The molecule has 0 aliphatic carbocycles. The lowest BCUT2D eigenvalue weighted by atomic mass is 10.3. The van der Waals surface area contributed by atoms with Crippen molar-refractivity contribution in [1.82, 2.24) is 24.9 Å². The standard InChI is InChI=1S/C13H19F2N5/c1-10(2)20-12(3-5-17-20)8-16-7-11-4-6-19(18-11)9-13(14)15/h3-6,10,13,16H,7-9H2,1-2H3. The first-order valence-electron chi connectivity index (χ1n) is 6.60. The van der Waals surface area contributed by atoms with Gasteiger partial charge in [-0.15, -0.1) is 0 Å². The summed E-state index contributed by atoms with van der Waals surface area (Å²) in [6.45, 7) is 4.99. The molecule has 2 aromatic heterocycles. The predicted octanol–water partition coefficient (Wildman–Crippen LogP) is 2.22. The summed E-state index contributed by atoms with van der Waals surface area (Å²) in [4.78, 5) is 0. The van der Waals surface area contributed by atoms with E-state index in [-0.39, 0.29) is 6.54 Å². The van der Waals surface area contributed by atoms with Crippen LogP contribution in [0.1, 0.15) is 31.3 Å². The molecule has 2 rings (SSSR count). The number of nitrogens with zero attached hydrogens (tertiary/aromatic N) is 4. The number of halogens is 2. The number of hydrogen-bond acceptors (Lipinski definition) is 3. The number of alkyl halides is 2. The van der Waals surface area contributed by atoms with Crippen LogP contribution in [0.15, 0.2) is 24.5 Å². The maximum absolute atomic E-state index is 12.2. The Bertz CT molecular complexity index is 532. The zero-order valence-corrected chi connectivity index (χ0v) is 11.6. The third-order valence-electron chi connectivity index (χ3n) is 2.87. The number of aromatic nitrogens is 4. The summed E-state index contributed by atoms with van der Waals surface area (Å²) in [5.74, 6) is 0. The van der Waals surface area contributed by atoms with Crippen molar-refractivity contribution in [2.45, 2.75) is 45.9 Å². The molecule has 5 nitrogen and oxygen atoms in total. The Balaban J connectivity index is 1.83. The molecule has 2 aromatic rings. The molecule has 0 aliphatic heterocycles. The first-order chi connectivity index (χ1) is 9.56. The molecule has 0 amide bonds. The Labute approximate surface area is 116 Å². The zero-order valence-electron chi connectivity index (χ0n) is 11.6. The van der Waals surface area contributed by atoms with E-state index in [0.29, 0.717) is 19.1 Å². The highest BCUT2D eigenvalue weighted by atomic mass is 19.3. The van der Waals surface area contributed by atoms with Crippen LogP contribution in [0, 0.1) is 0 Å². The Morgan fingerprint density at radius 1 is 1.25 bits per heavy atom. The molecule has 0 bridgehead atoms. The van der Waals surface area contributed by atoms with E-state index in [1.165, 1.54) is 4.68 Å². The second-order valence-corrected chi connectivity index (χ2v) is 4.88. The molecular weight excluding hydrogens is 264 g/mol. The largest absolute Gasteiger partial charge is 0.305 e. The minimum absolute atomic E-state index is 0.312. The van der Waals surface area contributed by atoms with Crippen molar-refractivity contribution in [3.05, 3.63) is 35.9 Å². The molecule has 20 heavy (non-hydrogen) atoms. The van der Waals surface area contributed by atoms with Crippen LogP contribution in [-0.4, -0.2) is 26.0 Å². The number of nitrogens with one attached hydrogen (secondary N) is 1. The van der Waals surface area contributed by atoms with Crippen molar-refractivity contribution >= 4 is 0 Å². The predicted molar refractivity (Wildman–Crippen MR) is 71.4 cm³/mol. The van der Waals surface area contributed by atoms with Crippen molar-refractivity contribution in [3.8, 4) is 0 Å². The van der Waals surface area contributed by atoms with Gasteiger partial charge in [-0.25, -0.2) is 8.78 Å². The van der Waals surface area contributed by atoms with Crippen molar-refractivity contribution in [2.75, 3.05) is 0 Å². The molecule has 0 spiro atoms. The Morgan fingerprint density at radius 3 is 2.75 bits per heavy atom. The molecule has 7 heteroatoms. The van der Waals surface area contributed by atoms with Gasteiger partial charge in [0.05, 0.1) is 11.4 Å². The molecule has 2 heterocycles. The summed E-state index contributed by atoms with van der Waals surface area (Å²) in [5.41, 5.74) is 1.84. The van der Waals surface area contributed by atoms with E-state index >= 15 is 0 Å². The smallest absolute Gasteiger partial charge is 0.257 e. The third-order valence-corrected chi connectivity index (χ3v) is 2.87. The Hall–Kier alpha value is -1.76. The van der Waals surface area contributed by atoms with Gasteiger partial charge < -0.3 is 5.32 Å². The van der Waals surface area contributed by atoms with Crippen molar-refractivity contribution in [2.24, 2.45) is 0 Å². The minimum atomic E-state index is -2.38. The van der Waals surface area contributed by atoms with Gasteiger partial charge in [-0.05, 0) is 26.0 Å². The Kier molecular flexibility index (Phi) is 4.84. The van der Waals surface area contributed by atoms with Crippen LogP contribution in [0.25, 0.3) is 0 Å². The first-order valence-corrected chi connectivity index (χ1v) is 6.60. The lowest BCUT2D eigenvalue weighted by Gasteiger charge is -2.11. The van der Waals surface area contributed by atoms with Crippen LogP contribution in [0.5, 0.6) is 0 Å². The average molecular weight is 283 g/mol. The quantitative estimate of drug-likeness (QED) is 0.847. The van der Waals surface area contributed by atoms with Crippen LogP contribution in [0.3, 0.4) is 0 Å². The monoisotopic (exact) mass is 283 g/mol. The average Bonchev–Trinajstić information content (AvgIpc) is 2.98. The van der Waals surface area contributed by atoms with Crippen molar-refractivity contribution < 1.29 is 8.78 Å². The molecular formula is C13H19F2N5. The van der Waals surface area contributed by atoms with E-state index in [9.17, 15) is 8.78 Å². The van der Waals surface area contributed by atoms with Gasteiger partial charge in [0.1, 0.15) is 6.54 Å². The van der Waals surface area contributed by atoms with Gasteiger partial charge in [0.15, 0.2) is 0 Å². The molecule has 0 saturated carbocycles. The summed E-state index contributed by atoms with van der Waals surface area (Å²) >= 11 is 0. The summed E-state index contributed by atoms with van der Waals surface area (Å²) in [7, 11) is 0. The van der Waals surface area contributed by atoms with Gasteiger partial charge in [-0.3, -0.25) is 9.36 Å². The highest BCUT2D eigenvalue weighted by Gasteiger charge is 2.07. The van der Waals surface area contributed by atoms with E-state index in [1.807, 2.05) is 10.7 Å². The molecule has 0 fully saturated rings. The van der Waals surface area contributed by atoms with E-state index in [1.54, 1.807) is 18.5 Å². The lowest BCUT2D eigenvalue weighted by Crippen LogP contribution is -2.18. The van der Waals surface area contributed by atoms with Crippen LogP contribution in [0.2, 0.25) is 0 Å². The first kappa shape index (κ1) is 14.6. The van der Waals surface area contributed by atoms with E-state index in [2.05, 4.69) is 29.4 Å². The molecule has 0 aliphatic rings. The fourth-order valence-electron chi connectivity index (χ4n) is 2.01. The summed E-state index contributed by atoms with van der Waals surface area (Å²) in [6.07, 6.45) is 0.965. The van der Waals surface area contributed by atoms with Gasteiger partial charge in [0, 0.05) is 31.5 Å². The van der Waals surface area contributed by atoms with Gasteiger partial charge in [0.2, 0.25) is 0 Å². The zero-order chi connectivity index (χ0) is 14.5. The minimum Gasteiger partial charge on any atom is -0.305 e. The van der Waals surface area contributed by atoms with Crippen molar-refractivity contribution in [3.63, 3.8) is 0 Å². The molecule has 110 valence electrons. The van der Waals surface area contributed by atoms with Crippen LogP contribution < -0.4 is 5.32 Å². The maximum Gasteiger partial charge on any atom is 0.257 e. The maximum atomic E-state index is 12.2. The van der Waals surface area contributed by atoms with Gasteiger partial charge in [0.25, 0.3) is 6.43 Å². The summed E-state index contributed by atoms with van der Waals surface area (Å²) < 4.78 is 27.6. The molecule has 0 atom stereocenters. The Morgan fingerprint density at radius 2 is 2.05 bits per heavy atom. The van der Waals surface area contributed by atoms with E-state index < -0.39 is 6.43 Å². The summed E-state index contributed by atoms with van der Waals surface area (Å²) in [6, 6.07) is 4.02. The number of rotatable bonds is 7. The normalized spacial score (nSPS) is 11.7. The molecule has 0 aromatic carbocycles. The second-order valence-electron chi connectivity index (χ2n) is 4.88. The summed E-state index contributed by atoms with van der Waals surface area (Å²) in [5, 5.41) is 11.6. The van der Waals surface area contributed by atoms with Gasteiger partial charge in [-0.2, -0.15) is 10.2 Å². The van der Waals surface area contributed by atoms with Crippen LogP contribution in [-0.2, 0) is 19.6 Å². The topological polar surface area (TPSA) is 47.7 Å².